The van der Waals surface area contributed by atoms with Gasteiger partial charge in [0, 0.05) is 5.92 Å². The summed E-state index contributed by atoms with van der Waals surface area (Å²) in [6.45, 7) is 5.87. The molecule has 0 radical (unpaired) electrons. The van der Waals surface area contributed by atoms with Gasteiger partial charge in [0.1, 0.15) is 15.4 Å². The molecule has 0 aromatic rings. The first-order valence-electron chi connectivity index (χ1n) is 5.16. The molecule has 0 amide bonds. The second kappa shape index (κ2) is 2.83. The van der Waals surface area contributed by atoms with Crippen LogP contribution in [0.3, 0.4) is 0 Å². The van der Waals surface area contributed by atoms with E-state index in [1.807, 2.05) is 20.8 Å². The van der Waals surface area contributed by atoms with Crippen LogP contribution in [0.25, 0.3) is 0 Å². The Morgan fingerprint density at radius 2 is 1.93 bits per heavy atom. The van der Waals surface area contributed by atoms with Gasteiger partial charge in [-0.1, -0.05) is 20.8 Å². The average Bonchev–Trinajstić information content (AvgIpc) is 2.48. The van der Waals surface area contributed by atoms with E-state index >= 15 is 0 Å². The van der Waals surface area contributed by atoms with Gasteiger partial charge < -0.3 is 4.55 Å². The molecule has 0 unspecified atom stereocenters. The maximum Gasteiger partial charge on any atom is 0.153 e. The highest BCUT2D eigenvalue weighted by molar-refractivity contribution is 7.87. The third kappa shape index (κ3) is 1.29. The van der Waals surface area contributed by atoms with E-state index in [2.05, 4.69) is 0 Å². The number of rotatable bonds is 1. The number of hydrogen-bond acceptors (Lipinski definition) is 4. The van der Waals surface area contributed by atoms with E-state index in [0.29, 0.717) is 6.42 Å². The van der Waals surface area contributed by atoms with Crippen molar-refractivity contribution in [3.8, 4) is 0 Å². The standard InChI is InChI=1S/C10H16O4S/c1-5-6-4-7(10(5,2)3)9(8(6)11)15(12,13)14/h5-7,9H,4H2,1-3H3,(H,12,13,14)/p-1/t5-,6+,7+,9+/m1/s1. The van der Waals surface area contributed by atoms with E-state index < -0.39 is 15.4 Å². The van der Waals surface area contributed by atoms with Gasteiger partial charge in [-0.15, -0.1) is 0 Å². The molecule has 2 bridgehead atoms. The summed E-state index contributed by atoms with van der Waals surface area (Å²) in [5.74, 6) is -0.680. The Morgan fingerprint density at radius 1 is 1.40 bits per heavy atom. The van der Waals surface area contributed by atoms with Gasteiger partial charge in [0.2, 0.25) is 0 Å². The zero-order chi connectivity index (χ0) is 11.6. The second-order valence-corrected chi connectivity index (χ2v) is 6.87. The Kier molecular flexibility index (Phi) is 2.09. The SMILES string of the molecule is C[C@@H]1[C@@H]2C[C@@H]([C@H](S(=O)(=O)[O-])C2=O)C1(C)C. The molecule has 0 heterocycles. The van der Waals surface area contributed by atoms with Crippen LogP contribution >= 0.6 is 0 Å². The Balaban J connectivity index is 2.46. The van der Waals surface area contributed by atoms with Crippen molar-refractivity contribution in [2.24, 2.45) is 23.2 Å². The van der Waals surface area contributed by atoms with Crippen LogP contribution in [-0.4, -0.2) is 24.0 Å². The fourth-order valence-corrected chi connectivity index (χ4v) is 4.59. The van der Waals surface area contributed by atoms with Crippen molar-refractivity contribution in [1.29, 1.82) is 0 Å². The van der Waals surface area contributed by atoms with E-state index in [0.717, 1.165) is 0 Å². The molecule has 2 aliphatic carbocycles. The zero-order valence-corrected chi connectivity index (χ0v) is 9.87. The molecule has 0 N–H and O–H groups in total. The van der Waals surface area contributed by atoms with Crippen LogP contribution in [0.15, 0.2) is 0 Å². The van der Waals surface area contributed by atoms with Gasteiger partial charge in [0.25, 0.3) is 0 Å². The van der Waals surface area contributed by atoms with Crippen molar-refractivity contribution < 1.29 is 17.8 Å². The second-order valence-electron chi connectivity index (χ2n) is 5.37. The lowest BCUT2D eigenvalue weighted by Crippen LogP contribution is -2.46. The summed E-state index contributed by atoms with van der Waals surface area (Å²) in [7, 11) is -4.48. The largest absolute Gasteiger partial charge is 0.747 e. The third-order valence-electron chi connectivity index (χ3n) is 4.56. The van der Waals surface area contributed by atoms with Gasteiger partial charge in [-0.25, -0.2) is 8.42 Å². The molecule has 0 aromatic carbocycles. The molecule has 2 rings (SSSR count). The Morgan fingerprint density at radius 3 is 2.33 bits per heavy atom. The lowest BCUT2D eigenvalue weighted by Gasteiger charge is -2.40. The first-order chi connectivity index (χ1) is 6.67. The minimum Gasteiger partial charge on any atom is -0.747 e. The highest BCUT2D eigenvalue weighted by Crippen LogP contribution is 2.58. The predicted molar refractivity (Wildman–Crippen MR) is 53.0 cm³/mol. The number of ketones is 1. The van der Waals surface area contributed by atoms with Crippen LogP contribution in [0.4, 0.5) is 0 Å². The van der Waals surface area contributed by atoms with Gasteiger partial charge in [0.15, 0.2) is 5.78 Å². The maximum absolute atomic E-state index is 11.7. The summed E-state index contributed by atoms with van der Waals surface area (Å²) >= 11 is 0. The highest BCUT2D eigenvalue weighted by atomic mass is 32.2. The lowest BCUT2D eigenvalue weighted by molar-refractivity contribution is -0.125. The van der Waals surface area contributed by atoms with Crippen molar-refractivity contribution in [1.82, 2.24) is 0 Å². The summed E-state index contributed by atoms with van der Waals surface area (Å²) in [4.78, 5) is 11.7. The van der Waals surface area contributed by atoms with E-state index in [1.54, 1.807) is 0 Å². The van der Waals surface area contributed by atoms with Crippen LogP contribution in [0, 0.1) is 23.2 Å². The normalized spacial score (nSPS) is 43.6. The molecule has 15 heavy (non-hydrogen) atoms. The van der Waals surface area contributed by atoms with Crippen molar-refractivity contribution >= 4 is 15.9 Å². The van der Waals surface area contributed by atoms with Gasteiger partial charge >= 0.3 is 0 Å². The topological polar surface area (TPSA) is 74.3 Å². The van der Waals surface area contributed by atoms with Crippen molar-refractivity contribution in [3.63, 3.8) is 0 Å². The molecule has 2 aliphatic rings. The highest BCUT2D eigenvalue weighted by Gasteiger charge is 2.61. The number of carbonyl (C=O) groups excluding carboxylic acids is 1. The number of hydrogen-bond donors (Lipinski definition) is 0. The van der Waals surface area contributed by atoms with Gasteiger partial charge in [-0.2, -0.15) is 0 Å². The molecule has 5 heteroatoms. The summed E-state index contributed by atoms with van der Waals surface area (Å²) < 4.78 is 33.2. The van der Waals surface area contributed by atoms with Gasteiger partial charge in [-0.05, 0) is 23.7 Å². The Hall–Kier alpha value is -0.420. The van der Waals surface area contributed by atoms with Crippen LogP contribution in [0.5, 0.6) is 0 Å². The minimum atomic E-state index is -4.48. The van der Waals surface area contributed by atoms with Crippen LogP contribution in [0.1, 0.15) is 27.2 Å². The van der Waals surface area contributed by atoms with Crippen molar-refractivity contribution in [3.05, 3.63) is 0 Å². The molecule has 4 nitrogen and oxygen atoms in total. The quantitative estimate of drug-likeness (QED) is 0.625. The van der Waals surface area contributed by atoms with Crippen LogP contribution in [0.2, 0.25) is 0 Å². The van der Waals surface area contributed by atoms with E-state index in [4.69, 9.17) is 0 Å². The molecular weight excluding hydrogens is 216 g/mol. The number of carbonyl (C=O) groups is 1. The lowest BCUT2D eigenvalue weighted by atomic mass is 9.69. The molecule has 0 saturated heterocycles. The Bertz CT molecular complexity index is 409. The van der Waals surface area contributed by atoms with Gasteiger partial charge in [0.05, 0.1) is 0 Å². The molecule has 2 saturated carbocycles. The maximum atomic E-state index is 11.7. The smallest absolute Gasteiger partial charge is 0.153 e. The molecule has 4 atom stereocenters. The number of Topliss-reactive ketones (excluding diaryl/α,β-unsaturated/α-hetero) is 1. The summed E-state index contributed by atoms with van der Waals surface area (Å²) in [6.07, 6.45) is 0.569. The van der Waals surface area contributed by atoms with Gasteiger partial charge in [-0.3, -0.25) is 4.79 Å². The fourth-order valence-electron chi connectivity index (χ4n) is 3.27. The number of fused-ring (bicyclic) bond motifs is 2. The molecule has 86 valence electrons. The van der Waals surface area contributed by atoms with Crippen LogP contribution in [-0.2, 0) is 14.9 Å². The first-order valence-corrected chi connectivity index (χ1v) is 6.63. The van der Waals surface area contributed by atoms with E-state index in [-0.39, 0.29) is 29.0 Å². The predicted octanol–water partition coefficient (Wildman–Crippen LogP) is 0.781. The van der Waals surface area contributed by atoms with Crippen molar-refractivity contribution in [2.75, 3.05) is 0 Å². The van der Waals surface area contributed by atoms with E-state index in [9.17, 15) is 17.8 Å². The average molecular weight is 231 g/mol. The monoisotopic (exact) mass is 231 g/mol. The molecule has 0 spiro atoms. The van der Waals surface area contributed by atoms with Crippen molar-refractivity contribution in [2.45, 2.75) is 32.4 Å². The third-order valence-corrected chi connectivity index (χ3v) is 5.75. The Labute approximate surface area is 89.8 Å². The molecular formula is C10H15O4S-. The molecule has 0 aromatic heterocycles. The zero-order valence-electron chi connectivity index (χ0n) is 9.06. The summed E-state index contributed by atoms with van der Waals surface area (Å²) in [6, 6.07) is 0. The summed E-state index contributed by atoms with van der Waals surface area (Å²) in [5.41, 5.74) is -0.222. The fraction of sp³-hybridized carbons (Fsp3) is 0.900. The summed E-state index contributed by atoms with van der Waals surface area (Å²) in [5, 5.41) is -1.28. The minimum absolute atomic E-state index is 0.174. The first kappa shape index (κ1) is 11.1. The molecule has 2 fully saturated rings. The van der Waals surface area contributed by atoms with Crippen LogP contribution < -0.4 is 0 Å². The molecule has 0 aliphatic heterocycles. The van der Waals surface area contributed by atoms with E-state index in [1.165, 1.54) is 0 Å².